The molecule has 0 aliphatic rings. The summed E-state index contributed by atoms with van der Waals surface area (Å²) in [5.41, 5.74) is 20.4. The van der Waals surface area contributed by atoms with Crippen molar-refractivity contribution in [1.29, 1.82) is 0 Å². The number of phenols is 6. The van der Waals surface area contributed by atoms with Gasteiger partial charge in [0.05, 0.1) is 55.5 Å². The van der Waals surface area contributed by atoms with Crippen LogP contribution >= 0.6 is 38.5 Å². The highest BCUT2D eigenvalue weighted by Gasteiger charge is 2.18. The van der Waals surface area contributed by atoms with Crippen molar-refractivity contribution in [1.82, 2.24) is 0 Å². The van der Waals surface area contributed by atoms with E-state index in [0.717, 1.165) is 57.9 Å². The van der Waals surface area contributed by atoms with E-state index >= 15 is 0 Å². The molecule has 0 radical (unpaired) electrons. The Labute approximate surface area is 532 Å². The van der Waals surface area contributed by atoms with Crippen molar-refractivity contribution < 1.29 is 72.3 Å². The number of rotatable bonds is 14. The Hall–Kier alpha value is -7.58. The number of aliphatic hydroxyl groups excluding tert-OH is 3. The van der Waals surface area contributed by atoms with Crippen LogP contribution in [-0.4, -0.2) is 63.5 Å². The first-order chi connectivity index (χ1) is 41.2. The summed E-state index contributed by atoms with van der Waals surface area (Å²) in [6.07, 6.45) is -0.757. The van der Waals surface area contributed by atoms with Crippen LogP contribution < -0.4 is 17.2 Å². The van der Waals surface area contributed by atoms with E-state index in [1.165, 1.54) is 48.5 Å². The third kappa shape index (κ3) is 30.9. The second-order valence-corrected chi connectivity index (χ2v) is 22.2. The van der Waals surface area contributed by atoms with Crippen LogP contribution in [0.3, 0.4) is 0 Å². The van der Waals surface area contributed by atoms with Gasteiger partial charge in [0.15, 0.2) is 34.6 Å². The average Bonchev–Trinajstić information content (AvgIpc) is 3.48. The maximum Gasteiger partial charge on any atom is 0.164 e. The number of hydrogen-bond donors (Lipinski definition) is 12. The number of phenolic OH excluding ortho intramolecular Hbond substituents is 6. The standard InChI is InChI=1S/2C10H13FO2.C9H11BrN2.C9H10FIN2.C9H11FN2.C9H11FO3.C9H11FO2/c1-6(2)10(13)8-5-7(12)3-4-9(8)11;1-6(2)10(13)7-3-4-8(11)9(12)5-7;1-7(11)12-6-8-3-2-4-9(10)5-8;1-6(12)13-5-7-2-3-8(10)9(11)4-7;1-7(11)12-6-8-2-4-9(10)5-3-8;1-2-7(11)5-3-8(12)9(13)4-6(5)10;1-2-3-6-4-8(11)9(12)5-7(6)10/h2*3-6,10,12-13H,1-2H3;2-5H,6H2,1H3,(H2,11,12);2-4H,5H2,1H3,(H2,12,13);2-5H,6H2,1H3,(H2,11,12);3-4,7,11-13H,2H2,1H3;4-5,11-12H,2-3H2,1H3/t2*10-;;;;7-;/m00...0./s1/i2*11-1;10-4;4*10-1. The lowest BCUT2D eigenvalue weighted by Gasteiger charge is -2.15. The second-order valence-electron chi connectivity index (χ2n) is 20.1. The fraction of sp³-hybridized carbons (Fsp3) is 0.308. The molecule has 480 valence electrons. The monoisotopic (exact) mass is 1400 g/mol. The molecular weight excluding hydrogens is 1320 g/mol. The van der Waals surface area contributed by atoms with Crippen LogP contribution in [0.15, 0.2) is 147 Å². The number of hydrogen-bond acceptors (Lipinski definition) is 12. The van der Waals surface area contributed by atoms with Crippen molar-refractivity contribution in [3.8, 4) is 34.5 Å². The minimum atomic E-state index is -0.952. The number of halogens is 8. The number of aryl methyl sites for hydroxylation is 1. The van der Waals surface area contributed by atoms with Gasteiger partial charge in [0.1, 0.15) is 34.8 Å². The van der Waals surface area contributed by atoms with E-state index in [9.17, 15) is 41.7 Å². The molecule has 15 nitrogen and oxygen atoms in total. The number of nitrogens with zero attached hydrogens (tertiary/aromatic N) is 3. The lowest BCUT2D eigenvalue weighted by Crippen LogP contribution is -2.07. The zero-order valence-corrected chi connectivity index (χ0v) is 54.1. The van der Waals surface area contributed by atoms with Crippen LogP contribution in [0.2, 0.25) is 0 Å². The van der Waals surface area contributed by atoms with Gasteiger partial charge in [-0.3, -0.25) is 15.0 Å². The van der Waals surface area contributed by atoms with Crippen LogP contribution in [0.5, 0.6) is 34.5 Å². The molecule has 88 heavy (non-hydrogen) atoms. The predicted molar refractivity (Wildman–Crippen MR) is 347 cm³/mol. The summed E-state index contributed by atoms with van der Waals surface area (Å²) in [6, 6.07) is 30.7. The van der Waals surface area contributed by atoms with Crippen molar-refractivity contribution >= 4 is 56.0 Å². The lowest BCUT2D eigenvalue weighted by molar-refractivity contribution is 0.122. The number of amidine groups is 3. The van der Waals surface area contributed by atoms with Crippen LogP contribution in [-0.2, 0) is 26.1 Å². The molecule has 23 heteroatoms. The van der Waals surface area contributed by atoms with Crippen LogP contribution in [0, 0.1) is 50.3 Å². The third-order valence-electron chi connectivity index (χ3n) is 11.7. The van der Waals surface area contributed by atoms with Gasteiger partial charge < -0.3 is 63.2 Å². The van der Waals surface area contributed by atoms with Crippen molar-refractivity contribution in [2.45, 2.75) is 120 Å². The Morgan fingerprint density at radius 2 is 0.966 bits per heavy atom. The Bertz CT molecular complexity index is 3330. The Balaban J connectivity index is 0.000000513. The molecule has 0 aromatic heterocycles. The van der Waals surface area contributed by atoms with Crippen LogP contribution in [0.1, 0.15) is 132 Å². The molecule has 0 saturated heterocycles. The van der Waals surface area contributed by atoms with Gasteiger partial charge in [-0.2, -0.15) is 0 Å². The lowest BCUT2D eigenvalue weighted by atomic mass is 9.98. The largest absolute Gasteiger partial charge is 0.508 e. The van der Waals surface area contributed by atoms with Gasteiger partial charge in [0.2, 0.25) is 0 Å². The zero-order chi connectivity index (χ0) is 67.0. The van der Waals surface area contributed by atoms with Gasteiger partial charge in [0, 0.05) is 31.3 Å². The minimum Gasteiger partial charge on any atom is -0.508 e. The summed E-state index contributed by atoms with van der Waals surface area (Å²) in [4.78, 5) is 12.1. The molecule has 7 aromatic rings. The maximum absolute atomic E-state index is 13.1. The van der Waals surface area contributed by atoms with Gasteiger partial charge >= 0.3 is 0 Å². The number of aliphatic hydroxyl groups is 3. The first kappa shape index (κ1) is 78.4. The van der Waals surface area contributed by atoms with E-state index in [-0.39, 0.29) is 46.1 Å². The molecular formula is C65H80BrF6IN6O9. The second kappa shape index (κ2) is 40.8. The first-order valence-electron chi connectivity index (χ1n) is 27.4. The van der Waals surface area contributed by atoms with E-state index in [1.807, 2.05) is 67.6 Å². The highest BCUT2D eigenvalue weighted by atomic mass is 127. The number of aliphatic imine (C=N–C) groups is 3. The molecule has 15 N–H and O–H groups in total. The van der Waals surface area contributed by atoms with Crippen molar-refractivity contribution in [2.75, 3.05) is 0 Å². The highest BCUT2D eigenvalue weighted by molar-refractivity contribution is 14.1. The fourth-order valence-electron chi connectivity index (χ4n) is 6.82. The van der Waals surface area contributed by atoms with E-state index in [4.69, 9.17) is 47.8 Å². The summed E-state index contributed by atoms with van der Waals surface area (Å²) < 4.78 is 78.7. The molecule has 0 unspecified atom stereocenters. The SMILES string of the molecule is CC(C)[C@H](O)c1cc(O)ccc1[18F].CC(C)[C@H](O)c1ccc([18F])c(O)c1.CC(N)=NCc1ccc([18F])c(I)c1.CC(N)=NCc1ccc([18F])cc1.CC(N)=NCc1cccc([76Br])c1.CCCc1cc(O)c(O)cc1[18F].CC[C@H](O)c1cc(O)c(O)cc1[18F]. The molecule has 0 heterocycles. The molecule has 3 atom stereocenters. The Morgan fingerprint density at radius 3 is 1.45 bits per heavy atom. The molecule has 7 rings (SSSR count). The van der Waals surface area contributed by atoms with Gasteiger partial charge in [-0.1, -0.05) is 100 Å². The maximum atomic E-state index is 13.1. The first-order valence-corrected chi connectivity index (χ1v) is 29.2. The smallest absolute Gasteiger partial charge is 0.164 e. The van der Waals surface area contributed by atoms with E-state index < -0.39 is 64.6 Å². The van der Waals surface area contributed by atoms with Gasteiger partial charge in [-0.15, -0.1) is 0 Å². The summed E-state index contributed by atoms with van der Waals surface area (Å²) >= 11 is 5.34. The van der Waals surface area contributed by atoms with Crippen molar-refractivity contribution in [3.05, 3.63) is 209 Å². The van der Waals surface area contributed by atoms with Gasteiger partial charge in [0.25, 0.3) is 0 Å². The van der Waals surface area contributed by atoms with E-state index in [2.05, 4.69) is 30.9 Å². The third-order valence-corrected chi connectivity index (χ3v) is 13.0. The predicted octanol–water partition coefficient (Wildman–Crippen LogP) is 14.6. The molecule has 0 bridgehead atoms. The quantitative estimate of drug-likeness (QED) is 0.0159. The highest BCUT2D eigenvalue weighted by Crippen LogP contribution is 2.32. The molecule has 0 aliphatic carbocycles. The average molecular weight is 1400 g/mol. The molecule has 7 aromatic carbocycles. The summed E-state index contributed by atoms with van der Waals surface area (Å²) in [7, 11) is 0. The molecule has 0 amide bonds. The molecule has 0 spiro atoms. The Morgan fingerprint density at radius 1 is 0.489 bits per heavy atom. The Kier molecular flexibility index (Phi) is 36.4. The fourth-order valence-corrected chi connectivity index (χ4v) is 7.85. The summed E-state index contributed by atoms with van der Waals surface area (Å²) in [5, 5.41) is 82.4. The normalized spacial score (nSPS) is 12.1. The zero-order valence-electron chi connectivity index (χ0n) is 50.4. The number of aromatic hydroxyl groups is 6. The minimum absolute atomic E-state index is 0.00204. The van der Waals surface area contributed by atoms with E-state index in [1.54, 1.807) is 65.8 Å². The number of benzene rings is 7. The van der Waals surface area contributed by atoms with Crippen molar-refractivity contribution in [2.24, 2.45) is 44.0 Å². The number of nitrogens with two attached hydrogens (primary N) is 3. The summed E-state index contributed by atoms with van der Waals surface area (Å²) in [6.45, 7) is 17.8. The van der Waals surface area contributed by atoms with Gasteiger partial charge in [-0.25, -0.2) is 26.3 Å². The van der Waals surface area contributed by atoms with Gasteiger partial charge in [-0.05, 0) is 175 Å². The van der Waals surface area contributed by atoms with Crippen LogP contribution in [0.4, 0.5) is 26.3 Å². The molecule has 0 aliphatic heterocycles. The molecule has 0 saturated carbocycles. The summed E-state index contributed by atoms with van der Waals surface area (Å²) in [5.74, 6) is -3.16. The topological polar surface area (TPSA) is 297 Å². The van der Waals surface area contributed by atoms with Crippen molar-refractivity contribution in [3.63, 3.8) is 0 Å². The van der Waals surface area contributed by atoms with Crippen LogP contribution in [0.25, 0.3) is 0 Å². The van der Waals surface area contributed by atoms with E-state index in [0.29, 0.717) is 64.7 Å². The molecule has 0 fully saturated rings.